The molecule has 0 aliphatic carbocycles. The van der Waals surface area contributed by atoms with Crippen molar-refractivity contribution in [3.8, 4) is 0 Å². The molecule has 106 valence electrons. The van der Waals surface area contributed by atoms with E-state index in [4.69, 9.17) is 5.11 Å². The molecule has 20 heavy (non-hydrogen) atoms. The molecule has 0 spiro atoms. The van der Waals surface area contributed by atoms with Gasteiger partial charge in [0.2, 0.25) is 0 Å². The monoisotopic (exact) mass is 294 g/mol. The number of hydrogen-bond donors (Lipinski definition) is 1. The first-order valence-corrected chi connectivity index (χ1v) is 7.25. The Morgan fingerprint density at radius 3 is 2.80 bits per heavy atom. The minimum Gasteiger partial charge on any atom is -0.481 e. The summed E-state index contributed by atoms with van der Waals surface area (Å²) in [5.74, 6) is -0.361. The smallest absolute Gasteiger partial charge is 0.313 e. The van der Waals surface area contributed by atoms with Gasteiger partial charge in [-0.25, -0.2) is 14.4 Å². The van der Waals surface area contributed by atoms with E-state index in [9.17, 15) is 9.18 Å². The van der Waals surface area contributed by atoms with E-state index in [1.165, 1.54) is 12.1 Å². The van der Waals surface area contributed by atoms with Crippen LogP contribution in [0, 0.1) is 11.7 Å². The normalized spacial score (nSPS) is 11.2. The predicted octanol–water partition coefficient (Wildman–Crippen LogP) is 3.14. The van der Waals surface area contributed by atoms with Gasteiger partial charge in [0, 0.05) is 11.8 Å². The van der Waals surface area contributed by atoms with Crippen LogP contribution in [0.4, 0.5) is 4.39 Å². The van der Waals surface area contributed by atoms with Crippen molar-refractivity contribution in [2.75, 3.05) is 5.75 Å². The van der Waals surface area contributed by atoms with Gasteiger partial charge >= 0.3 is 5.97 Å². The summed E-state index contributed by atoms with van der Waals surface area (Å²) >= 11 is 1.09. The van der Waals surface area contributed by atoms with Crippen molar-refractivity contribution in [3.63, 3.8) is 0 Å². The molecule has 0 bridgehead atoms. The highest BCUT2D eigenvalue weighted by atomic mass is 32.2. The van der Waals surface area contributed by atoms with Crippen LogP contribution in [0.15, 0.2) is 23.2 Å². The van der Waals surface area contributed by atoms with Crippen molar-refractivity contribution in [2.45, 2.75) is 25.3 Å². The summed E-state index contributed by atoms with van der Waals surface area (Å²) in [7, 11) is 0. The second-order valence-corrected chi connectivity index (χ2v) is 5.85. The Hall–Kier alpha value is -1.69. The lowest BCUT2D eigenvalue weighted by Crippen LogP contribution is -2.04. The number of carboxylic acid groups (broad SMARTS) is 1. The van der Waals surface area contributed by atoms with Crippen LogP contribution in [0.1, 0.15) is 19.7 Å². The van der Waals surface area contributed by atoms with Crippen LogP contribution in [-0.2, 0) is 11.2 Å². The molecule has 2 aromatic rings. The number of fused-ring (bicyclic) bond motifs is 1. The standard InChI is InChI=1S/C14H15FN2O2S/c1-8(2)5-12-16-11-4-3-9(15)6-10(11)14(17-12)20-7-13(18)19/h3-4,6,8H,5,7H2,1-2H3,(H,18,19). The van der Waals surface area contributed by atoms with Crippen LogP contribution in [0.5, 0.6) is 0 Å². The summed E-state index contributed by atoms with van der Waals surface area (Å²) in [5.41, 5.74) is 0.643. The van der Waals surface area contributed by atoms with Gasteiger partial charge in [-0.15, -0.1) is 0 Å². The minimum absolute atomic E-state index is 0.107. The molecule has 1 N–H and O–H groups in total. The lowest BCUT2D eigenvalue weighted by molar-refractivity contribution is -0.133. The molecule has 6 heteroatoms. The number of thioether (sulfide) groups is 1. The average Bonchev–Trinajstić information content (AvgIpc) is 2.35. The van der Waals surface area contributed by atoms with E-state index >= 15 is 0 Å². The van der Waals surface area contributed by atoms with E-state index in [0.29, 0.717) is 34.1 Å². The fourth-order valence-electron chi connectivity index (χ4n) is 1.82. The highest BCUT2D eigenvalue weighted by Crippen LogP contribution is 2.26. The van der Waals surface area contributed by atoms with Gasteiger partial charge in [-0.3, -0.25) is 4.79 Å². The zero-order chi connectivity index (χ0) is 14.7. The molecule has 0 fully saturated rings. The Balaban J connectivity index is 2.48. The third-order valence-corrected chi connectivity index (χ3v) is 3.57. The van der Waals surface area contributed by atoms with Crippen molar-refractivity contribution in [1.29, 1.82) is 0 Å². The maximum absolute atomic E-state index is 13.3. The number of benzene rings is 1. The van der Waals surface area contributed by atoms with E-state index in [1.807, 2.05) is 0 Å². The van der Waals surface area contributed by atoms with Gasteiger partial charge in [0.25, 0.3) is 0 Å². The fourth-order valence-corrected chi connectivity index (χ4v) is 2.56. The SMILES string of the molecule is CC(C)Cc1nc(SCC(=O)O)c2cc(F)ccc2n1. The molecular weight excluding hydrogens is 279 g/mol. The number of carboxylic acids is 1. The summed E-state index contributed by atoms with van der Waals surface area (Å²) in [6.45, 7) is 4.12. The van der Waals surface area contributed by atoms with Gasteiger partial charge in [0.05, 0.1) is 11.3 Å². The maximum atomic E-state index is 13.3. The zero-order valence-electron chi connectivity index (χ0n) is 11.3. The zero-order valence-corrected chi connectivity index (χ0v) is 12.1. The lowest BCUT2D eigenvalue weighted by atomic mass is 10.1. The highest BCUT2D eigenvalue weighted by molar-refractivity contribution is 8.00. The molecular formula is C14H15FN2O2S. The summed E-state index contributed by atoms with van der Waals surface area (Å²) in [6.07, 6.45) is 0.702. The number of nitrogens with zero attached hydrogens (tertiary/aromatic N) is 2. The molecule has 0 aliphatic heterocycles. The average molecular weight is 294 g/mol. The fraction of sp³-hybridized carbons (Fsp3) is 0.357. The van der Waals surface area contributed by atoms with E-state index in [0.717, 1.165) is 11.8 Å². The Kier molecular flexibility index (Phi) is 4.54. The number of hydrogen-bond acceptors (Lipinski definition) is 4. The lowest BCUT2D eigenvalue weighted by Gasteiger charge is -2.09. The number of carbonyl (C=O) groups is 1. The molecule has 4 nitrogen and oxygen atoms in total. The van der Waals surface area contributed by atoms with Crippen molar-refractivity contribution >= 4 is 28.6 Å². The Morgan fingerprint density at radius 2 is 2.15 bits per heavy atom. The van der Waals surface area contributed by atoms with Gasteiger partial charge < -0.3 is 5.11 Å². The third kappa shape index (κ3) is 3.66. The van der Waals surface area contributed by atoms with E-state index in [1.54, 1.807) is 6.07 Å². The first kappa shape index (κ1) is 14.7. The van der Waals surface area contributed by atoms with Crippen LogP contribution in [0.25, 0.3) is 10.9 Å². The molecule has 0 amide bonds. The Morgan fingerprint density at radius 1 is 1.40 bits per heavy atom. The van der Waals surface area contributed by atoms with Crippen molar-refractivity contribution in [2.24, 2.45) is 5.92 Å². The van der Waals surface area contributed by atoms with Crippen LogP contribution in [0.2, 0.25) is 0 Å². The predicted molar refractivity (Wildman–Crippen MR) is 76.4 cm³/mol. The number of rotatable bonds is 5. The van der Waals surface area contributed by atoms with E-state index in [2.05, 4.69) is 23.8 Å². The van der Waals surface area contributed by atoms with Crippen LogP contribution in [0.3, 0.4) is 0 Å². The van der Waals surface area contributed by atoms with Gasteiger partial charge in [-0.2, -0.15) is 0 Å². The second kappa shape index (κ2) is 6.17. The maximum Gasteiger partial charge on any atom is 0.313 e. The van der Waals surface area contributed by atoms with Gasteiger partial charge in [-0.1, -0.05) is 25.6 Å². The third-order valence-electron chi connectivity index (χ3n) is 2.59. The number of halogens is 1. The molecule has 1 aromatic heterocycles. The number of aromatic nitrogens is 2. The van der Waals surface area contributed by atoms with Gasteiger partial charge in [0.15, 0.2) is 0 Å². The quantitative estimate of drug-likeness (QED) is 0.678. The van der Waals surface area contributed by atoms with E-state index < -0.39 is 5.97 Å². The molecule has 0 atom stereocenters. The Bertz CT molecular complexity index is 646. The van der Waals surface area contributed by atoms with Gasteiger partial charge in [0.1, 0.15) is 16.7 Å². The summed E-state index contributed by atoms with van der Waals surface area (Å²) in [5, 5.41) is 9.86. The second-order valence-electron chi connectivity index (χ2n) is 4.89. The largest absolute Gasteiger partial charge is 0.481 e. The van der Waals surface area contributed by atoms with Gasteiger partial charge in [-0.05, 0) is 24.1 Å². The van der Waals surface area contributed by atoms with Crippen LogP contribution in [-0.4, -0.2) is 26.8 Å². The summed E-state index contributed by atoms with van der Waals surface area (Å²) in [6, 6.07) is 4.29. The molecule has 0 radical (unpaired) electrons. The topological polar surface area (TPSA) is 63.1 Å². The molecule has 1 aromatic carbocycles. The number of aliphatic carboxylic acids is 1. The Labute approximate surface area is 120 Å². The first-order chi connectivity index (χ1) is 9.45. The molecule has 1 heterocycles. The molecule has 0 saturated carbocycles. The van der Waals surface area contributed by atoms with Crippen LogP contribution >= 0.6 is 11.8 Å². The van der Waals surface area contributed by atoms with E-state index in [-0.39, 0.29) is 11.6 Å². The first-order valence-electron chi connectivity index (χ1n) is 6.26. The van der Waals surface area contributed by atoms with Crippen molar-refractivity contribution in [1.82, 2.24) is 9.97 Å². The summed E-state index contributed by atoms with van der Waals surface area (Å²) < 4.78 is 13.3. The van der Waals surface area contributed by atoms with Crippen molar-refractivity contribution < 1.29 is 14.3 Å². The minimum atomic E-state index is -0.927. The summed E-state index contributed by atoms with van der Waals surface area (Å²) in [4.78, 5) is 19.5. The molecule has 0 aliphatic rings. The molecule has 0 saturated heterocycles. The highest BCUT2D eigenvalue weighted by Gasteiger charge is 2.12. The van der Waals surface area contributed by atoms with Crippen LogP contribution < -0.4 is 0 Å². The molecule has 2 rings (SSSR count). The van der Waals surface area contributed by atoms with Crippen molar-refractivity contribution in [3.05, 3.63) is 29.8 Å². The molecule has 0 unspecified atom stereocenters.